The van der Waals surface area contributed by atoms with Crippen molar-refractivity contribution in [3.05, 3.63) is 65.7 Å². The molecule has 0 fully saturated rings. The summed E-state index contributed by atoms with van der Waals surface area (Å²) in [7, 11) is 0. The third-order valence-corrected chi connectivity index (χ3v) is 5.83. The van der Waals surface area contributed by atoms with Gasteiger partial charge in [0.15, 0.2) is 11.0 Å². The van der Waals surface area contributed by atoms with Gasteiger partial charge in [-0.3, -0.25) is 9.36 Å². The molecule has 0 bridgehead atoms. The van der Waals surface area contributed by atoms with Crippen LogP contribution in [0.2, 0.25) is 0 Å². The number of anilines is 1. The molecular formula is C23H24N6O2S. The van der Waals surface area contributed by atoms with E-state index in [4.69, 9.17) is 4.52 Å². The Balaban J connectivity index is 1.49. The van der Waals surface area contributed by atoms with E-state index in [9.17, 15) is 4.79 Å². The maximum absolute atomic E-state index is 12.8. The number of benzene rings is 2. The standard InChI is InChI=1S/C23H24N6O2S/c1-14(2)21-26-22(31-28-21)18-7-5-6-16(4)20(18)25-19(30)12-32-23-27-24-13-29(23)17-10-8-15(3)9-11-17/h5-11,13-14H,12H2,1-4H3,(H,25,30). The summed E-state index contributed by atoms with van der Waals surface area (Å²) in [4.78, 5) is 17.3. The highest BCUT2D eigenvalue weighted by molar-refractivity contribution is 7.99. The summed E-state index contributed by atoms with van der Waals surface area (Å²) in [5, 5.41) is 15.8. The number of carbonyl (C=O) groups is 1. The number of aryl methyl sites for hydroxylation is 2. The van der Waals surface area contributed by atoms with Crippen molar-refractivity contribution in [2.75, 3.05) is 11.1 Å². The summed E-state index contributed by atoms with van der Waals surface area (Å²) in [6.07, 6.45) is 1.65. The molecule has 0 spiro atoms. The maximum Gasteiger partial charge on any atom is 0.260 e. The molecular weight excluding hydrogens is 424 g/mol. The summed E-state index contributed by atoms with van der Waals surface area (Å²) in [6.45, 7) is 7.97. The van der Waals surface area contributed by atoms with E-state index >= 15 is 0 Å². The van der Waals surface area contributed by atoms with Crippen LogP contribution in [0.5, 0.6) is 0 Å². The Hall–Kier alpha value is -3.46. The van der Waals surface area contributed by atoms with Gasteiger partial charge in [-0.2, -0.15) is 4.98 Å². The molecule has 2 heterocycles. The molecule has 4 aromatic rings. The SMILES string of the molecule is Cc1ccc(-n2cnnc2SCC(=O)Nc2c(C)cccc2-c2nc(C(C)C)no2)cc1. The van der Waals surface area contributed by atoms with Crippen molar-refractivity contribution in [1.29, 1.82) is 0 Å². The molecule has 164 valence electrons. The second-order valence-corrected chi connectivity index (χ2v) is 8.71. The largest absolute Gasteiger partial charge is 0.334 e. The summed E-state index contributed by atoms with van der Waals surface area (Å²) in [5.74, 6) is 1.19. The van der Waals surface area contributed by atoms with E-state index in [-0.39, 0.29) is 17.6 Å². The fourth-order valence-corrected chi connectivity index (χ4v) is 3.83. The zero-order chi connectivity index (χ0) is 22.7. The number of aromatic nitrogens is 5. The van der Waals surface area contributed by atoms with E-state index in [2.05, 4.69) is 25.7 Å². The fraction of sp³-hybridized carbons (Fsp3) is 0.261. The average Bonchev–Trinajstić information content (AvgIpc) is 3.44. The number of rotatable bonds is 7. The lowest BCUT2D eigenvalue weighted by atomic mass is 10.1. The van der Waals surface area contributed by atoms with Crippen LogP contribution in [0.4, 0.5) is 5.69 Å². The van der Waals surface area contributed by atoms with Crippen LogP contribution < -0.4 is 5.32 Å². The fourth-order valence-electron chi connectivity index (χ4n) is 3.10. The Kier molecular flexibility index (Phi) is 6.36. The van der Waals surface area contributed by atoms with Gasteiger partial charge in [-0.15, -0.1) is 10.2 Å². The molecule has 2 aromatic heterocycles. The Morgan fingerprint density at radius 1 is 1.16 bits per heavy atom. The van der Waals surface area contributed by atoms with Crippen molar-refractivity contribution < 1.29 is 9.32 Å². The van der Waals surface area contributed by atoms with E-state index in [1.165, 1.54) is 17.3 Å². The third kappa shape index (κ3) is 4.72. The van der Waals surface area contributed by atoms with E-state index in [0.717, 1.165) is 11.3 Å². The van der Waals surface area contributed by atoms with Crippen molar-refractivity contribution in [2.24, 2.45) is 0 Å². The molecule has 0 radical (unpaired) electrons. The van der Waals surface area contributed by atoms with Gasteiger partial charge in [0.2, 0.25) is 5.91 Å². The summed E-state index contributed by atoms with van der Waals surface area (Å²) in [6, 6.07) is 13.7. The van der Waals surface area contributed by atoms with E-state index in [1.54, 1.807) is 6.33 Å². The maximum atomic E-state index is 12.8. The van der Waals surface area contributed by atoms with Crippen molar-refractivity contribution in [2.45, 2.75) is 38.8 Å². The highest BCUT2D eigenvalue weighted by Crippen LogP contribution is 2.31. The first-order chi connectivity index (χ1) is 15.4. The van der Waals surface area contributed by atoms with Crippen LogP contribution in [0.15, 0.2) is 58.5 Å². The zero-order valence-electron chi connectivity index (χ0n) is 18.4. The molecule has 1 N–H and O–H groups in total. The lowest BCUT2D eigenvalue weighted by Gasteiger charge is -2.12. The highest BCUT2D eigenvalue weighted by atomic mass is 32.2. The molecule has 0 unspecified atom stereocenters. The molecule has 0 saturated carbocycles. The quantitative estimate of drug-likeness (QED) is 0.406. The Bertz CT molecular complexity index is 1230. The summed E-state index contributed by atoms with van der Waals surface area (Å²) >= 11 is 1.32. The topological polar surface area (TPSA) is 98.7 Å². The minimum Gasteiger partial charge on any atom is -0.334 e. The smallest absolute Gasteiger partial charge is 0.260 e. The van der Waals surface area contributed by atoms with Crippen LogP contribution in [0.1, 0.15) is 36.7 Å². The number of para-hydroxylation sites is 1. The van der Waals surface area contributed by atoms with Gasteiger partial charge in [0.25, 0.3) is 5.89 Å². The third-order valence-electron chi connectivity index (χ3n) is 4.89. The number of amides is 1. The van der Waals surface area contributed by atoms with Crippen LogP contribution in [0.3, 0.4) is 0 Å². The molecule has 0 aliphatic rings. The summed E-state index contributed by atoms with van der Waals surface area (Å²) in [5.41, 5.74) is 4.39. The zero-order valence-corrected chi connectivity index (χ0v) is 19.2. The van der Waals surface area contributed by atoms with Gasteiger partial charge in [-0.1, -0.05) is 60.6 Å². The lowest BCUT2D eigenvalue weighted by molar-refractivity contribution is -0.113. The second kappa shape index (κ2) is 9.35. The molecule has 0 saturated heterocycles. The minimum atomic E-state index is -0.160. The molecule has 9 heteroatoms. The van der Waals surface area contributed by atoms with Crippen molar-refractivity contribution in [3.63, 3.8) is 0 Å². The molecule has 2 aromatic carbocycles. The van der Waals surface area contributed by atoms with Crippen LogP contribution in [-0.2, 0) is 4.79 Å². The van der Waals surface area contributed by atoms with Crippen molar-refractivity contribution >= 4 is 23.4 Å². The first-order valence-corrected chi connectivity index (χ1v) is 11.2. The molecule has 4 rings (SSSR count). The van der Waals surface area contributed by atoms with E-state index in [1.807, 2.05) is 74.7 Å². The first kappa shape index (κ1) is 21.8. The van der Waals surface area contributed by atoms with Gasteiger partial charge in [0.1, 0.15) is 6.33 Å². The Labute approximate surface area is 190 Å². The van der Waals surface area contributed by atoms with Gasteiger partial charge in [0, 0.05) is 11.6 Å². The van der Waals surface area contributed by atoms with Gasteiger partial charge < -0.3 is 9.84 Å². The highest BCUT2D eigenvalue weighted by Gasteiger charge is 2.18. The average molecular weight is 449 g/mol. The molecule has 1 amide bonds. The molecule has 0 aliphatic carbocycles. The van der Waals surface area contributed by atoms with Gasteiger partial charge in [-0.05, 0) is 37.6 Å². The monoisotopic (exact) mass is 448 g/mol. The molecule has 32 heavy (non-hydrogen) atoms. The van der Waals surface area contributed by atoms with Crippen LogP contribution >= 0.6 is 11.8 Å². The van der Waals surface area contributed by atoms with Crippen molar-refractivity contribution in [3.8, 4) is 17.1 Å². The Morgan fingerprint density at radius 3 is 2.66 bits per heavy atom. The Morgan fingerprint density at radius 2 is 1.94 bits per heavy atom. The second-order valence-electron chi connectivity index (χ2n) is 7.77. The van der Waals surface area contributed by atoms with Gasteiger partial charge >= 0.3 is 0 Å². The van der Waals surface area contributed by atoms with Crippen LogP contribution in [0.25, 0.3) is 17.1 Å². The van der Waals surface area contributed by atoms with E-state index < -0.39 is 0 Å². The predicted octanol–water partition coefficient (Wildman–Crippen LogP) is 4.79. The number of hydrogen-bond donors (Lipinski definition) is 1. The van der Waals surface area contributed by atoms with Crippen molar-refractivity contribution in [1.82, 2.24) is 24.9 Å². The minimum absolute atomic E-state index is 0.151. The summed E-state index contributed by atoms with van der Waals surface area (Å²) < 4.78 is 7.31. The number of carbonyl (C=O) groups excluding carboxylic acids is 1. The normalized spacial score (nSPS) is 11.2. The van der Waals surface area contributed by atoms with Gasteiger partial charge in [-0.25, -0.2) is 0 Å². The molecule has 0 atom stereocenters. The molecule has 0 aliphatic heterocycles. The van der Waals surface area contributed by atoms with Crippen LogP contribution in [0, 0.1) is 13.8 Å². The number of nitrogens with zero attached hydrogens (tertiary/aromatic N) is 5. The van der Waals surface area contributed by atoms with Gasteiger partial charge in [0.05, 0.1) is 17.0 Å². The van der Waals surface area contributed by atoms with Crippen LogP contribution in [-0.4, -0.2) is 36.6 Å². The predicted molar refractivity (Wildman–Crippen MR) is 124 cm³/mol. The number of nitrogens with one attached hydrogen (secondary N) is 1. The first-order valence-electron chi connectivity index (χ1n) is 10.3. The number of hydrogen-bond acceptors (Lipinski definition) is 7. The number of thioether (sulfide) groups is 1. The van der Waals surface area contributed by atoms with E-state index in [0.29, 0.717) is 28.1 Å². The molecule has 8 nitrogen and oxygen atoms in total. The lowest BCUT2D eigenvalue weighted by Crippen LogP contribution is -2.16.